The van der Waals surface area contributed by atoms with E-state index in [1.54, 1.807) is 36.4 Å². The third kappa shape index (κ3) is 3.31. The van der Waals surface area contributed by atoms with Crippen molar-refractivity contribution in [3.8, 4) is 17.6 Å². The number of aromatic carboxylic acids is 1. The van der Waals surface area contributed by atoms with Crippen molar-refractivity contribution in [1.29, 1.82) is 5.26 Å². The highest BCUT2D eigenvalue weighted by molar-refractivity contribution is 5.90. The molecule has 2 aromatic carbocycles. The molecule has 5 nitrogen and oxygen atoms in total. The molecule has 0 aliphatic heterocycles. The van der Waals surface area contributed by atoms with Crippen LogP contribution in [-0.4, -0.2) is 18.2 Å². The molecule has 5 heteroatoms. The fourth-order valence-corrected chi connectivity index (χ4v) is 1.86. The summed E-state index contributed by atoms with van der Waals surface area (Å²) in [6.07, 6.45) is 0. The predicted molar refractivity (Wildman–Crippen MR) is 75.4 cm³/mol. The molecule has 0 aliphatic rings. The summed E-state index contributed by atoms with van der Waals surface area (Å²) in [4.78, 5) is 11.1. The molecule has 0 atom stereocenters. The summed E-state index contributed by atoms with van der Waals surface area (Å²) in [5.41, 5.74) is 1.27. The van der Waals surface area contributed by atoms with Gasteiger partial charge in [0, 0.05) is 0 Å². The Balaban J connectivity index is 2.18. The van der Waals surface area contributed by atoms with Crippen LogP contribution >= 0.6 is 0 Å². The van der Waals surface area contributed by atoms with Crippen LogP contribution < -0.4 is 9.47 Å². The number of methoxy groups -OCH3 is 1. The molecule has 0 saturated heterocycles. The Kier molecular flexibility index (Phi) is 4.42. The molecule has 0 unspecified atom stereocenters. The van der Waals surface area contributed by atoms with Gasteiger partial charge < -0.3 is 14.6 Å². The maximum Gasteiger partial charge on any atom is 0.339 e. The number of rotatable bonds is 5. The van der Waals surface area contributed by atoms with E-state index in [2.05, 4.69) is 0 Å². The minimum atomic E-state index is -1.04. The molecule has 2 rings (SSSR count). The molecule has 0 aliphatic carbocycles. The molecule has 0 heterocycles. The first kappa shape index (κ1) is 14.4. The van der Waals surface area contributed by atoms with Crippen LogP contribution in [0.4, 0.5) is 0 Å². The van der Waals surface area contributed by atoms with Crippen LogP contribution in [0.5, 0.6) is 11.5 Å². The number of nitrogens with zero attached hydrogens (tertiary/aromatic N) is 1. The Morgan fingerprint density at radius 1 is 1.24 bits per heavy atom. The first-order chi connectivity index (χ1) is 10.2. The number of para-hydroxylation sites is 1. The van der Waals surface area contributed by atoms with Crippen LogP contribution in [0.25, 0.3) is 0 Å². The third-order valence-corrected chi connectivity index (χ3v) is 2.90. The largest absolute Gasteiger partial charge is 0.495 e. The monoisotopic (exact) mass is 283 g/mol. The van der Waals surface area contributed by atoms with Crippen LogP contribution in [0.3, 0.4) is 0 Å². The Hall–Kier alpha value is -3.00. The highest BCUT2D eigenvalue weighted by atomic mass is 16.5. The standard InChI is InChI=1S/C16H13NO4/c1-20-14-7-6-11(8-12(14)9-17)10-21-15-5-3-2-4-13(15)16(18)19/h2-8H,10H2,1H3,(H,18,19). The molecule has 21 heavy (non-hydrogen) atoms. The van der Waals surface area contributed by atoms with E-state index in [4.69, 9.17) is 19.8 Å². The lowest BCUT2D eigenvalue weighted by Gasteiger charge is -2.10. The van der Waals surface area contributed by atoms with E-state index >= 15 is 0 Å². The van der Waals surface area contributed by atoms with E-state index < -0.39 is 5.97 Å². The number of carboxylic acids is 1. The number of ether oxygens (including phenoxy) is 2. The topological polar surface area (TPSA) is 79.6 Å². The average molecular weight is 283 g/mol. The molecular weight excluding hydrogens is 270 g/mol. The lowest BCUT2D eigenvalue weighted by Crippen LogP contribution is -2.03. The smallest absolute Gasteiger partial charge is 0.339 e. The molecule has 0 radical (unpaired) electrons. The van der Waals surface area contributed by atoms with Gasteiger partial charge in [0.05, 0.1) is 12.7 Å². The van der Waals surface area contributed by atoms with Gasteiger partial charge in [-0.2, -0.15) is 5.26 Å². The molecule has 0 spiro atoms. The van der Waals surface area contributed by atoms with E-state index in [9.17, 15) is 4.79 Å². The number of hydrogen-bond acceptors (Lipinski definition) is 4. The first-order valence-corrected chi connectivity index (χ1v) is 6.18. The maximum atomic E-state index is 11.1. The van der Waals surface area contributed by atoms with Gasteiger partial charge in [0.15, 0.2) is 0 Å². The second-order valence-electron chi connectivity index (χ2n) is 4.24. The van der Waals surface area contributed by atoms with Crippen molar-refractivity contribution in [2.24, 2.45) is 0 Å². The van der Waals surface area contributed by atoms with Crippen molar-refractivity contribution < 1.29 is 19.4 Å². The SMILES string of the molecule is COc1ccc(COc2ccccc2C(=O)O)cc1C#N. The number of hydrogen-bond donors (Lipinski definition) is 1. The minimum absolute atomic E-state index is 0.103. The highest BCUT2D eigenvalue weighted by Crippen LogP contribution is 2.22. The molecule has 2 aromatic rings. The van der Waals surface area contributed by atoms with Gasteiger partial charge in [-0.3, -0.25) is 0 Å². The highest BCUT2D eigenvalue weighted by Gasteiger charge is 2.10. The molecule has 0 fully saturated rings. The fraction of sp³-hybridized carbons (Fsp3) is 0.125. The van der Waals surface area contributed by atoms with Gasteiger partial charge in [-0.15, -0.1) is 0 Å². The van der Waals surface area contributed by atoms with E-state index in [0.29, 0.717) is 17.1 Å². The van der Waals surface area contributed by atoms with Crippen LogP contribution in [-0.2, 0) is 6.61 Å². The third-order valence-electron chi connectivity index (χ3n) is 2.90. The molecule has 0 aromatic heterocycles. The quantitative estimate of drug-likeness (QED) is 0.912. The number of benzene rings is 2. The Bertz CT molecular complexity index is 704. The van der Waals surface area contributed by atoms with E-state index in [-0.39, 0.29) is 12.2 Å². The van der Waals surface area contributed by atoms with Gasteiger partial charge in [0.1, 0.15) is 29.7 Å². The lowest BCUT2D eigenvalue weighted by molar-refractivity contribution is 0.0691. The maximum absolute atomic E-state index is 11.1. The van der Waals surface area contributed by atoms with Crippen LogP contribution in [0.2, 0.25) is 0 Å². The van der Waals surface area contributed by atoms with Gasteiger partial charge in [0.2, 0.25) is 0 Å². The van der Waals surface area contributed by atoms with Gasteiger partial charge in [-0.1, -0.05) is 18.2 Å². The van der Waals surface area contributed by atoms with Crippen molar-refractivity contribution in [3.63, 3.8) is 0 Å². The van der Waals surface area contributed by atoms with Crippen LogP contribution in [0, 0.1) is 11.3 Å². The van der Waals surface area contributed by atoms with Gasteiger partial charge >= 0.3 is 5.97 Å². The normalized spacial score (nSPS) is 9.71. The molecule has 1 N–H and O–H groups in total. The minimum Gasteiger partial charge on any atom is -0.495 e. The second kappa shape index (κ2) is 6.44. The lowest BCUT2D eigenvalue weighted by atomic mass is 10.1. The second-order valence-corrected chi connectivity index (χ2v) is 4.24. The van der Waals surface area contributed by atoms with E-state index in [1.807, 2.05) is 6.07 Å². The Morgan fingerprint density at radius 3 is 2.67 bits per heavy atom. The Morgan fingerprint density at radius 2 is 2.00 bits per heavy atom. The van der Waals surface area contributed by atoms with Gasteiger partial charge in [0.25, 0.3) is 0 Å². The average Bonchev–Trinajstić information content (AvgIpc) is 2.52. The van der Waals surface area contributed by atoms with Crippen molar-refractivity contribution >= 4 is 5.97 Å². The predicted octanol–water partition coefficient (Wildman–Crippen LogP) is 2.84. The van der Waals surface area contributed by atoms with Crippen molar-refractivity contribution in [1.82, 2.24) is 0 Å². The summed E-state index contributed by atoms with van der Waals surface area (Å²) in [6.45, 7) is 0.170. The van der Waals surface area contributed by atoms with Crippen molar-refractivity contribution in [3.05, 3.63) is 59.2 Å². The van der Waals surface area contributed by atoms with E-state index in [0.717, 1.165) is 5.56 Å². The van der Waals surface area contributed by atoms with E-state index in [1.165, 1.54) is 13.2 Å². The number of carbonyl (C=O) groups is 1. The summed E-state index contributed by atoms with van der Waals surface area (Å²) >= 11 is 0. The summed E-state index contributed by atoms with van der Waals surface area (Å²) in [6, 6.07) is 13.6. The molecule has 0 saturated carbocycles. The van der Waals surface area contributed by atoms with Gasteiger partial charge in [-0.25, -0.2) is 4.79 Å². The van der Waals surface area contributed by atoms with Gasteiger partial charge in [-0.05, 0) is 29.8 Å². The summed E-state index contributed by atoms with van der Waals surface area (Å²) in [5.74, 6) is -0.260. The summed E-state index contributed by atoms with van der Waals surface area (Å²) in [7, 11) is 1.50. The van der Waals surface area contributed by atoms with Crippen molar-refractivity contribution in [2.75, 3.05) is 7.11 Å². The zero-order valence-electron chi connectivity index (χ0n) is 11.4. The number of carboxylic acid groups (broad SMARTS) is 1. The molecular formula is C16H13NO4. The molecule has 106 valence electrons. The first-order valence-electron chi connectivity index (χ1n) is 6.18. The Labute approximate surface area is 122 Å². The fourth-order valence-electron chi connectivity index (χ4n) is 1.86. The molecule has 0 bridgehead atoms. The zero-order valence-corrected chi connectivity index (χ0v) is 11.4. The van der Waals surface area contributed by atoms with Crippen LogP contribution in [0.15, 0.2) is 42.5 Å². The van der Waals surface area contributed by atoms with Crippen LogP contribution in [0.1, 0.15) is 21.5 Å². The van der Waals surface area contributed by atoms with Crippen molar-refractivity contribution in [2.45, 2.75) is 6.61 Å². The number of nitriles is 1. The summed E-state index contributed by atoms with van der Waals surface area (Å²) in [5, 5.41) is 18.1. The molecule has 0 amide bonds. The zero-order chi connectivity index (χ0) is 15.2. The summed E-state index contributed by atoms with van der Waals surface area (Å²) < 4.78 is 10.6.